The van der Waals surface area contributed by atoms with Crippen molar-refractivity contribution >= 4 is 5.97 Å². The van der Waals surface area contributed by atoms with Crippen molar-refractivity contribution in [2.24, 2.45) is 16.1 Å². The monoisotopic (exact) mass is 169 g/mol. The predicted octanol–water partition coefficient (Wildman–Crippen LogP) is -0.417. The Morgan fingerprint density at radius 1 is 1.75 bits per heavy atom. The van der Waals surface area contributed by atoms with Gasteiger partial charge in [-0.3, -0.25) is 0 Å². The lowest BCUT2D eigenvalue weighted by Gasteiger charge is -2.19. The molecule has 0 spiro atoms. The molecule has 0 aliphatic carbocycles. The van der Waals surface area contributed by atoms with Gasteiger partial charge in [0.05, 0.1) is 13.7 Å². The molecule has 0 aromatic carbocycles. The number of ether oxygens (including phenoxy) is 1. The van der Waals surface area contributed by atoms with Crippen LogP contribution >= 0.6 is 0 Å². The zero-order valence-electron chi connectivity index (χ0n) is 6.91. The standard InChI is InChI=1S/C7H11N3O2/c1-12-6(11)7-4-8-2-5(7)3-9-10-7/h5,8H,2-4H2,1H3. The number of carbonyl (C=O) groups excluding carboxylic acids is 1. The maximum Gasteiger partial charge on any atom is 0.337 e. The summed E-state index contributed by atoms with van der Waals surface area (Å²) >= 11 is 0. The first-order chi connectivity index (χ1) is 5.79. The minimum absolute atomic E-state index is 0.199. The lowest BCUT2D eigenvalue weighted by atomic mass is 9.89. The average molecular weight is 169 g/mol. The third-order valence-electron chi connectivity index (χ3n) is 2.55. The Kier molecular flexibility index (Phi) is 1.61. The molecule has 2 atom stereocenters. The molecule has 1 fully saturated rings. The number of esters is 1. The van der Waals surface area contributed by atoms with Crippen LogP contribution in [0, 0.1) is 5.92 Å². The van der Waals surface area contributed by atoms with Gasteiger partial charge in [-0.15, -0.1) is 0 Å². The van der Waals surface area contributed by atoms with E-state index >= 15 is 0 Å². The third-order valence-corrected chi connectivity index (χ3v) is 2.55. The van der Waals surface area contributed by atoms with Crippen molar-refractivity contribution in [1.82, 2.24) is 5.32 Å². The van der Waals surface area contributed by atoms with E-state index in [-0.39, 0.29) is 11.9 Å². The lowest BCUT2D eigenvalue weighted by molar-refractivity contribution is -0.147. The molecule has 1 saturated heterocycles. The van der Waals surface area contributed by atoms with Gasteiger partial charge in [-0.25, -0.2) is 4.79 Å². The zero-order chi connectivity index (χ0) is 8.60. The highest BCUT2D eigenvalue weighted by molar-refractivity contribution is 5.82. The van der Waals surface area contributed by atoms with Crippen LogP contribution in [0.5, 0.6) is 0 Å². The quantitative estimate of drug-likeness (QED) is 0.542. The summed E-state index contributed by atoms with van der Waals surface area (Å²) in [5.41, 5.74) is -0.700. The molecule has 0 bridgehead atoms. The minimum Gasteiger partial charge on any atom is -0.467 e. The van der Waals surface area contributed by atoms with E-state index in [0.29, 0.717) is 13.1 Å². The number of carbonyl (C=O) groups is 1. The van der Waals surface area contributed by atoms with Gasteiger partial charge < -0.3 is 10.1 Å². The smallest absolute Gasteiger partial charge is 0.337 e. The number of azo groups is 1. The average Bonchev–Trinajstić information content (AvgIpc) is 2.60. The summed E-state index contributed by atoms with van der Waals surface area (Å²) in [6, 6.07) is 0. The number of rotatable bonds is 1. The topological polar surface area (TPSA) is 63.0 Å². The molecule has 12 heavy (non-hydrogen) atoms. The first-order valence-electron chi connectivity index (χ1n) is 3.97. The van der Waals surface area contributed by atoms with E-state index in [4.69, 9.17) is 4.74 Å². The van der Waals surface area contributed by atoms with Crippen LogP contribution in [0.4, 0.5) is 0 Å². The fraction of sp³-hybridized carbons (Fsp3) is 0.857. The van der Waals surface area contributed by atoms with Crippen molar-refractivity contribution in [3.8, 4) is 0 Å². The Morgan fingerprint density at radius 2 is 2.58 bits per heavy atom. The van der Waals surface area contributed by atoms with Crippen molar-refractivity contribution in [1.29, 1.82) is 0 Å². The summed E-state index contributed by atoms with van der Waals surface area (Å²) < 4.78 is 4.71. The van der Waals surface area contributed by atoms with E-state index < -0.39 is 5.54 Å². The second-order valence-electron chi connectivity index (χ2n) is 3.17. The molecule has 0 aromatic rings. The zero-order valence-corrected chi connectivity index (χ0v) is 6.91. The molecular weight excluding hydrogens is 158 g/mol. The van der Waals surface area contributed by atoms with Gasteiger partial charge >= 0.3 is 5.97 Å². The fourth-order valence-electron chi connectivity index (χ4n) is 1.80. The van der Waals surface area contributed by atoms with Gasteiger partial charge in [-0.2, -0.15) is 10.2 Å². The molecule has 0 amide bonds. The van der Waals surface area contributed by atoms with E-state index in [2.05, 4.69) is 15.5 Å². The van der Waals surface area contributed by atoms with Gasteiger partial charge in [0.1, 0.15) is 0 Å². The van der Waals surface area contributed by atoms with E-state index in [9.17, 15) is 4.79 Å². The van der Waals surface area contributed by atoms with E-state index in [0.717, 1.165) is 6.54 Å². The Labute approximate surface area is 70.2 Å². The van der Waals surface area contributed by atoms with E-state index in [1.165, 1.54) is 7.11 Å². The highest BCUT2D eigenvalue weighted by Gasteiger charge is 2.53. The molecular formula is C7H11N3O2. The molecule has 5 heteroatoms. The maximum absolute atomic E-state index is 11.4. The van der Waals surface area contributed by atoms with Crippen LogP contribution < -0.4 is 5.32 Å². The summed E-state index contributed by atoms with van der Waals surface area (Å²) in [5.74, 6) is -0.0660. The molecule has 5 nitrogen and oxygen atoms in total. The Morgan fingerprint density at radius 3 is 3.33 bits per heavy atom. The van der Waals surface area contributed by atoms with Gasteiger partial charge in [0.2, 0.25) is 0 Å². The van der Waals surface area contributed by atoms with Crippen LogP contribution in [0.15, 0.2) is 10.2 Å². The fourth-order valence-corrected chi connectivity index (χ4v) is 1.80. The van der Waals surface area contributed by atoms with Crippen LogP contribution in [0.3, 0.4) is 0 Å². The van der Waals surface area contributed by atoms with Crippen LogP contribution in [-0.4, -0.2) is 38.3 Å². The van der Waals surface area contributed by atoms with Gasteiger partial charge in [-0.1, -0.05) is 0 Å². The molecule has 2 aliphatic rings. The Bertz CT molecular complexity index is 241. The number of hydrogen-bond acceptors (Lipinski definition) is 5. The van der Waals surface area contributed by atoms with Gasteiger partial charge in [0, 0.05) is 19.0 Å². The van der Waals surface area contributed by atoms with E-state index in [1.54, 1.807) is 0 Å². The summed E-state index contributed by atoms with van der Waals surface area (Å²) in [6.45, 7) is 2.01. The molecule has 0 saturated carbocycles. The molecule has 66 valence electrons. The van der Waals surface area contributed by atoms with Crippen LogP contribution in [0.25, 0.3) is 0 Å². The molecule has 2 rings (SSSR count). The summed E-state index contributed by atoms with van der Waals surface area (Å²) in [5, 5.41) is 11.0. The largest absolute Gasteiger partial charge is 0.467 e. The first-order valence-corrected chi connectivity index (χ1v) is 3.97. The van der Waals surface area contributed by atoms with Gasteiger partial charge in [-0.05, 0) is 0 Å². The molecule has 2 heterocycles. The van der Waals surface area contributed by atoms with Crippen LogP contribution in [0.1, 0.15) is 0 Å². The Hall–Kier alpha value is -0.970. The summed E-state index contributed by atoms with van der Waals surface area (Å²) in [4.78, 5) is 11.4. The maximum atomic E-state index is 11.4. The van der Waals surface area contributed by atoms with Crippen LogP contribution in [0.2, 0.25) is 0 Å². The van der Waals surface area contributed by atoms with Crippen LogP contribution in [-0.2, 0) is 9.53 Å². The number of methoxy groups -OCH3 is 1. The molecule has 2 aliphatic heterocycles. The van der Waals surface area contributed by atoms with Gasteiger partial charge in [0.15, 0.2) is 5.54 Å². The second-order valence-corrected chi connectivity index (χ2v) is 3.17. The molecule has 2 unspecified atom stereocenters. The highest BCUT2D eigenvalue weighted by Crippen LogP contribution is 2.33. The molecule has 1 N–H and O–H groups in total. The van der Waals surface area contributed by atoms with Crippen molar-refractivity contribution in [3.05, 3.63) is 0 Å². The normalized spacial score (nSPS) is 38.2. The number of hydrogen-bond donors (Lipinski definition) is 1. The molecule has 0 radical (unpaired) electrons. The number of nitrogens with one attached hydrogen (secondary N) is 1. The number of fused-ring (bicyclic) bond motifs is 1. The van der Waals surface area contributed by atoms with Crippen molar-refractivity contribution in [2.75, 3.05) is 26.7 Å². The predicted molar refractivity (Wildman–Crippen MR) is 40.8 cm³/mol. The van der Waals surface area contributed by atoms with Crippen molar-refractivity contribution in [2.45, 2.75) is 5.54 Å². The number of nitrogens with zero attached hydrogens (tertiary/aromatic N) is 2. The molecule has 0 aromatic heterocycles. The minimum atomic E-state index is -0.700. The van der Waals surface area contributed by atoms with Crippen molar-refractivity contribution in [3.63, 3.8) is 0 Å². The Balaban J connectivity index is 2.27. The lowest BCUT2D eigenvalue weighted by Crippen LogP contribution is -2.43. The summed E-state index contributed by atoms with van der Waals surface area (Å²) in [6.07, 6.45) is 0. The van der Waals surface area contributed by atoms with Crippen molar-refractivity contribution < 1.29 is 9.53 Å². The summed E-state index contributed by atoms with van der Waals surface area (Å²) in [7, 11) is 1.39. The SMILES string of the molecule is COC(=O)C12CNCC1CN=N2. The van der Waals surface area contributed by atoms with Gasteiger partial charge in [0.25, 0.3) is 0 Å². The third kappa shape index (κ3) is 0.797. The van der Waals surface area contributed by atoms with E-state index in [1.807, 2.05) is 0 Å². The second kappa shape index (κ2) is 2.52. The first kappa shape index (κ1) is 7.67. The highest BCUT2D eigenvalue weighted by atomic mass is 16.5.